The highest BCUT2D eigenvalue weighted by Crippen LogP contribution is 2.13. The third-order valence-corrected chi connectivity index (χ3v) is 1.53. The lowest BCUT2D eigenvalue weighted by atomic mass is 10.1. The van der Waals surface area contributed by atoms with Crippen LogP contribution in [0.15, 0.2) is 23.6 Å². The first-order chi connectivity index (χ1) is 4.74. The Morgan fingerprint density at radius 2 is 2.30 bits per heavy atom. The number of aromatic nitrogens is 1. The van der Waals surface area contributed by atoms with E-state index in [4.69, 9.17) is 0 Å². The zero-order valence-electron chi connectivity index (χ0n) is 6.41. The van der Waals surface area contributed by atoms with Crippen molar-refractivity contribution >= 4 is 6.72 Å². The Labute approximate surface area is 61.2 Å². The van der Waals surface area contributed by atoms with Gasteiger partial charge >= 0.3 is 0 Å². The maximum absolute atomic E-state index is 3.74. The van der Waals surface area contributed by atoms with Crippen LogP contribution in [0.3, 0.4) is 0 Å². The van der Waals surface area contributed by atoms with Crippen LogP contribution in [-0.2, 0) is 0 Å². The first-order valence-electron chi connectivity index (χ1n) is 3.39. The fraction of sp³-hybridized carbons (Fsp3) is 0.375. The summed E-state index contributed by atoms with van der Waals surface area (Å²) < 4.78 is 1.72. The van der Waals surface area contributed by atoms with E-state index in [2.05, 4.69) is 31.7 Å². The van der Waals surface area contributed by atoms with Gasteiger partial charge in [0.25, 0.3) is 0 Å². The Bertz CT molecular complexity index is 223. The summed E-state index contributed by atoms with van der Waals surface area (Å²) in [4.78, 5) is 0. The Hall–Kier alpha value is -1.05. The van der Waals surface area contributed by atoms with Gasteiger partial charge in [-0.05, 0) is 17.5 Å². The van der Waals surface area contributed by atoms with Crippen molar-refractivity contribution in [2.45, 2.75) is 19.8 Å². The second-order valence-electron chi connectivity index (χ2n) is 2.62. The molecule has 0 aliphatic heterocycles. The van der Waals surface area contributed by atoms with E-state index in [-0.39, 0.29) is 0 Å². The van der Waals surface area contributed by atoms with Crippen LogP contribution in [0.2, 0.25) is 0 Å². The van der Waals surface area contributed by atoms with E-state index in [0.717, 1.165) is 0 Å². The zero-order valence-corrected chi connectivity index (χ0v) is 6.41. The summed E-state index contributed by atoms with van der Waals surface area (Å²) in [6.07, 6.45) is 3.89. The number of rotatable bonds is 2. The van der Waals surface area contributed by atoms with Gasteiger partial charge in [-0.1, -0.05) is 13.8 Å². The van der Waals surface area contributed by atoms with Crippen molar-refractivity contribution in [3.05, 3.63) is 24.0 Å². The highest BCUT2D eigenvalue weighted by atomic mass is 15.3. The van der Waals surface area contributed by atoms with E-state index in [0.29, 0.717) is 5.92 Å². The van der Waals surface area contributed by atoms with Gasteiger partial charge in [0.05, 0.1) is 0 Å². The Morgan fingerprint density at radius 1 is 1.60 bits per heavy atom. The average molecular weight is 136 g/mol. The van der Waals surface area contributed by atoms with E-state index in [9.17, 15) is 0 Å². The largest absolute Gasteiger partial charge is 0.249 e. The van der Waals surface area contributed by atoms with Crippen LogP contribution >= 0.6 is 0 Å². The smallest absolute Gasteiger partial charge is 0.0318 e. The monoisotopic (exact) mass is 136 g/mol. The van der Waals surface area contributed by atoms with Crippen molar-refractivity contribution in [2.75, 3.05) is 0 Å². The SMILES string of the molecule is C=Nn1ccc(C(C)C)c1. The second kappa shape index (κ2) is 2.69. The van der Waals surface area contributed by atoms with E-state index in [1.54, 1.807) is 4.68 Å². The van der Waals surface area contributed by atoms with Crippen molar-refractivity contribution in [2.24, 2.45) is 5.10 Å². The molecule has 54 valence electrons. The van der Waals surface area contributed by atoms with Crippen molar-refractivity contribution in [1.82, 2.24) is 4.68 Å². The van der Waals surface area contributed by atoms with E-state index >= 15 is 0 Å². The number of hydrogen-bond donors (Lipinski definition) is 0. The summed E-state index contributed by atoms with van der Waals surface area (Å²) in [5.74, 6) is 0.572. The number of hydrogen-bond acceptors (Lipinski definition) is 1. The van der Waals surface area contributed by atoms with Crippen molar-refractivity contribution in [1.29, 1.82) is 0 Å². The maximum atomic E-state index is 3.74. The summed E-state index contributed by atoms with van der Waals surface area (Å²) >= 11 is 0. The van der Waals surface area contributed by atoms with E-state index in [1.165, 1.54) is 5.56 Å². The molecule has 2 nitrogen and oxygen atoms in total. The van der Waals surface area contributed by atoms with E-state index < -0.39 is 0 Å². The number of nitrogens with zero attached hydrogens (tertiary/aromatic N) is 2. The van der Waals surface area contributed by atoms with E-state index in [1.807, 2.05) is 12.4 Å². The molecule has 0 N–H and O–H groups in total. The van der Waals surface area contributed by atoms with Crippen LogP contribution in [0.1, 0.15) is 25.3 Å². The Morgan fingerprint density at radius 3 is 2.60 bits per heavy atom. The van der Waals surface area contributed by atoms with Gasteiger partial charge in [0.15, 0.2) is 0 Å². The Balaban J connectivity index is 2.88. The van der Waals surface area contributed by atoms with Crippen LogP contribution in [0.5, 0.6) is 0 Å². The molecule has 0 saturated carbocycles. The molecule has 1 heterocycles. The van der Waals surface area contributed by atoms with Crippen LogP contribution in [0, 0.1) is 0 Å². The van der Waals surface area contributed by atoms with Crippen LogP contribution in [0.25, 0.3) is 0 Å². The van der Waals surface area contributed by atoms with Gasteiger partial charge < -0.3 is 0 Å². The van der Waals surface area contributed by atoms with Crippen LogP contribution in [0.4, 0.5) is 0 Å². The molecule has 1 rings (SSSR count). The summed E-state index contributed by atoms with van der Waals surface area (Å²) in [5, 5.41) is 3.74. The lowest BCUT2D eigenvalue weighted by Gasteiger charge is -1.97. The molecule has 0 bridgehead atoms. The highest BCUT2D eigenvalue weighted by molar-refractivity contribution is 5.24. The van der Waals surface area contributed by atoms with Gasteiger partial charge in [-0.2, -0.15) is 5.10 Å². The lowest BCUT2D eigenvalue weighted by Crippen LogP contribution is -1.83. The summed E-state index contributed by atoms with van der Waals surface area (Å²) in [6, 6.07) is 2.05. The third kappa shape index (κ3) is 1.26. The molecule has 0 aliphatic rings. The van der Waals surface area contributed by atoms with Gasteiger partial charge in [0, 0.05) is 19.1 Å². The van der Waals surface area contributed by atoms with Crippen molar-refractivity contribution < 1.29 is 0 Å². The zero-order chi connectivity index (χ0) is 7.56. The van der Waals surface area contributed by atoms with Crippen molar-refractivity contribution in [3.63, 3.8) is 0 Å². The fourth-order valence-corrected chi connectivity index (χ4v) is 0.831. The van der Waals surface area contributed by atoms with Gasteiger partial charge in [-0.15, -0.1) is 0 Å². The summed E-state index contributed by atoms with van der Waals surface area (Å²) in [6.45, 7) is 7.73. The molecule has 0 fully saturated rings. The highest BCUT2D eigenvalue weighted by Gasteiger charge is 1.98. The fourth-order valence-electron chi connectivity index (χ4n) is 0.831. The van der Waals surface area contributed by atoms with Gasteiger partial charge in [0.2, 0.25) is 0 Å². The predicted octanol–water partition coefficient (Wildman–Crippen LogP) is 2.08. The normalized spacial score (nSPS) is 10.3. The molecule has 10 heavy (non-hydrogen) atoms. The first kappa shape index (κ1) is 7.06. The topological polar surface area (TPSA) is 17.3 Å². The lowest BCUT2D eigenvalue weighted by molar-refractivity contribution is 0.842. The minimum Gasteiger partial charge on any atom is -0.249 e. The van der Waals surface area contributed by atoms with Gasteiger partial charge in [-0.3, -0.25) is 0 Å². The molecule has 0 amide bonds. The molecule has 1 aromatic heterocycles. The van der Waals surface area contributed by atoms with Crippen LogP contribution < -0.4 is 0 Å². The van der Waals surface area contributed by atoms with Gasteiger partial charge in [-0.25, -0.2) is 4.68 Å². The molecule has 0 saturated heterocycles. The molecule has 0 atom stereocenters. The summed E-state index contributed by atoms with van der Waals surface area (Å²) in [7, 11) is 0. The molecule has 2 heteroatoms. The molecule has 1 aromatic rings. The Kier molecular flexibility index (Phi) is 1.90. The first-order valence-corrected chi connectivity index (χ1v) is 3.39. The standard InChI is InChI=1S/C8H12N2/c1-7(2)8-4-5-10(6-8)9-3/h4-7H,3H2,1-2H3. The molecule has 0 unspecified atom stereocenters. The molecule has 0 radical (unpaired) electrons. The van der Waals surface area contributed by atoms with Crippen LogP contribution in [-0.4, -0.2) is 11.4 Å². The van der Waals surface area contributed by atoms with Crippen molar-refractivity contribution in [3.8, 4) is 0 Å². The average Bonchev–Trinajstić information content (AvgIpc) is 2.34. The molecule has 0 aliphatic carbocycles. The molecule has 0 spiro atoms. The minimum absolute atomic E-state index is 0.572. The molecule has 0 aromatic carbocycles. The predicted molar refractivity (Wildman–Crippen MR) is 43.5 cm³/mol. The maximum Gasteiger partial charge on any atom is 0.0318 e. The van der Waals surface area contributed by atoms with Gasteiger partial charge in [0.1, 0.15) is 0 Å². The minimum atomic E-state index is 0.572. The quantitative estimate of drug-likeness (QED) is 0.554. The second-order valence-corrected chi connectivity index (χ2v) is 2.62. The molecular formula is C8H12N2. The third-order valence-electron chi connectivity index (χ3n) is 1.53. The molecular weight excluding hydrogens is 124 g/mol. The summed E-state index contributed by atoms with van der Waals surface area (Å²) in [5.41, 5.74) is 1.30.